The summed E-state index contributed by atoms with van der Waals surface area (Å²) in [7, 11) is 3.23. The Kier molecular flexibility index (Phi) is 3.48. The summed E-state index contributed by atoms with van der Waals surface area (Å²) in [5, 5.41) is 3.49. The first-order valence-corrected chi connectivity index (χ1v) is 1.45. The molecule has 0 aliphatic carbocycles. The molecule has 0 aliphatic rings. The van der Waals surface area contributed by atoms with Gasteiger partial charge in [0.2, 0.25) is 0 Å². The minimum Gasteiger partial charge on any atom is -0.236 e. The SMILES string of the molecule is C=CC[N][14CH2]. The summed E-state index contributed by atoms with van der Waals surface area (Å²) in [5.74, 6) is 0. The number of rotatable bonds is 2. The third-order valence-corrected chi connectivity index (χ3v) is 0.258. The maximum absolute atomic E-state index is 3.49. The molecule has 5 heavy (non-hydrogen) atoms. The first kappa shape index (κ1) is 4.70. The summed E-state index contributed by atoms with van der Waals surface area (Å²) in [6.07, 6.45) is 1.70. The maximum Gasteiger partial charge on any atom is 0.0312 e. The molecule has 0 amide bonds. The van der Waals surface area contributed by atoms with Gasteiger partial charge in [-0.2, -0.15) is 0 Å². The summed E-state index contributed by atoms with van der Waals surface area (Å²) in [6.45, 7) is 4.08. The maximum atomic E-state index is 3.49. The molecule has 0 aliphatic heterocycles. The smallest absolute Gasteiger partial charge is 0.0312 e. The summed E-state index contributed by atoms with van der Waals surface area (Å²) in [5.41, 5.74) is 0. The van der Waals surface area contributed by atoms with Crippen LogP contribution >= 0.6 is 0 Å². The van der Waals surface area contributed by atoms with E-state index in [1.54, 1.807) is 6.08 Å². The molecular formula is C4H7N. The Balaban J connectivity index is 2.40. The van der Waals surface area contributed by atoms with Crippen molar-refractivity contribution in [3.63, 3.8) is 0 Å². The Labute approximate surface area is 32.7 Å². The number of hydrogen-bond acceptors (Lipinski definition) is 0. The molecule has 0 atom stereocenters. The van der Waals surface area contributed by atoms with Gasteiger partial charge in [0.1, 0.15) is 0 Å². The van der Waals surface area contributed by atoms with Gasteiger partial charge in [-0.15, -0.1) is 6.58 Å². The van der Waals surface area contributed by atoms with Crippen LogP contribution in [0.15, 0.2) is 12.7 Å². The van der Waals surface area contributed by atoms with E-state index in [1.807, 2.05) is 0 Å². The largest absolute Gasteiger partial charge is 0.236 e. The van der Waals surface area contributed by atoms with E-state index in [1.165, 1.54) is 0 Å². The predicted octanol–water partition coefficient (Wildman–Crippen LogP) is 0.568. The van der Waals surface area contributed by atoms with Crippen molar-refractivity contribution in [3.8, 4) is 0 Å². The van der Waals surface area contributed by atoms with Gasteiger partial charge >= 0.3 is 0 Å². The van der Waals surface area contributed by atoms with Crippen molar-refractivity contribution in [2.75, 3.05) is 6.54 Å². The van der Waals surface area contributed by atoms with Crippen LogP contribution in [0.25, 0.3) is 0 Å². The highest BCUT2D eigenvalue weighted by atomic mass is 15.2. The lowest BCUT2D eigenvalue weighted by atomic mass is 10.7. The molecule has 0 unspecified atom stereocenters. The minimum atomic E-state index is 0.667. The fourth-order valence-electron chi connectivity index (χ4n) is 0.0913. The van der Waals surface area contributed by atoms with Gasteiger partial charge in [0.05, 0.1) is 0 Å². The van der Waals surface area contributed by atoms with Gasteiger partial charge in [-0.25, -0.2) is 5.32 Å². The monoisotopic (exact) mass is 71.1 g/mol. The molecule has 0 heterocycles. The average Bonchev–Trinajstić information content (AvgIpc) is 1.41. The van der Waals surface area contributed by atoms with Crippen molar-refractivity contribution in [2.45, 2.75) is 0 Å². The van der Waals surface area contributed by atoms with Crippen LogP contribution in [0.3, 0.4) is 0 Å². The molecule has 2 radical (unpaired) electrons. The summed E-state index contributed by atoms with van der Waals surface area (Å²) >= 11 is 0. The Morgan fingerprint density at radius 2 is 2.60 bits per heavy atom. The average molecular weight is 71.1 g/mol. The van der Waals surface area contributed by atoms with E-state index in [0.29, 0.717) is 6.54 Å². The zero-order valence-corrected chi connectivity index (χ0v) is 3.15. The van der Waals surface area contributed by atoms with Crippen molar-refractivity contribution < 1.29 is 0 Å². The molecule has 0 aromatic carbocycles. The van der Waals surface area contributed by atoms with E-state index in [4.69, 9.17) is 0 Å². The van der Waals surface area contributed by atoms with E-state index < -0.39 is 0 Å². The first-order valence-electron chi connectivity index (χ1n) is 1.45. The fourth-order valence-corrected chi connectivity index (χ4v) is 0.0913. The van der Waals surface area contributed by atoms with Gasteiger partial charge in [0.15, 0.2) is 0 Å². The molecular weight excluding hydrogens is 64.0 g/mol. The highest BCUT2D eigenvalue weighted by Gasteiger charge is 1.60. The van der Waals surface area contributed by atoms with Crippen LogP contribution in [0.4, 0.5) is 0 Å². The quantitative estimate of drug-likeness (QED) is 0.422. The molecule has 0 aromatic rings. The van der Waals surface area contributed by atoms with Crippen molar-refractivity contribution in [1.29, 1.82) is 0 Å². The van der Waals surface area contributed by atoms with E-state index in [9.17, 15) is 0 Å². The summed E-state index contributed by atoms with van der Waals surface area (Å²) in [4.78, 5) is 0. The predicted molar refractivity (Wildman–Crippen MR) is 22.6 cm³/mol. The second-order valence-corrected chi connectivity index (χ2v) is 0.695. The lowest BCUT2D eigenvalue weighted by molar-refractivity contribution is 0.964. The number of hydrogen-bond donors (Lipinski definition) is 0. The molecule has 0 spiro atoms. The van der Waals surface area contributed by atoms with Gasteiger partial charge in [-0.1, -0.05) is 6.08 Å². The minimum absolute atomic E-state index is 0.667. The topological polar surface area (TPSA) is 14.1 Å². The second kappa shape index (κ2) is 3.70. The Morgan fingerprint density at radius 1 is 2.00 bits per heavy atom. The first-order chi connectivity index (χ1) is 2.41. The van der Waals surface area contributed by atoms with Crippen LogP contribution in [0.2, 0.25) is 0 Å². The molecule has 0 fully saturated rings. The molecule has 1 nitrogen and oxygen atoms in total. The highest BCUT2D eigenvalue weighted by Crippen LogP contribution is 1.54. The van der Waals surface area contributed by atoms with Crippen molar-refractivity contribution in [1.82, 2.24) is 5.32 Å². The standard InChI is InChI=1S/C4H7N/c1-3-4-5-2/h3H,1-2,4H2/i2+2. The Morgan fingerprint density at radius 3 is 2.60 bits per heavy atom. The highest BCUT2D eigenvalue weighted by molar-refractivity contribution is 4.67. The van der Waals surface area contributed by atoms with Crippen molar-refractivity contribution in [2.24, 2.45) is 0 Å². The lowest BCUT2D eigenvalue weighted by Gasteiger charge is -1.75. The second-order valence-electron chi connectivity index (χ2n) is 0.695. The van der Waals surface area contributed by atoms with E-state index in [0.717, 1.165) is 0 Å². The molecule has 0 N–H and O–H groups in total. The summed E-state index contributed by atoms with van der Waals surface area (Å²) in [6, 6.07) is 0. The van der Waals surface area contributed by atoms with Gasteiger partial charge < -0.3 is 0 Å². The van der Waals surface area contributed by atoms with Crippen LogP contribution in [-0.4, -0.2) is 6.54 Å². The van der Waals surface area contributed by atoms with E-state index >= 15 is 0 Å². The van der Waals surface area contributed by atoms with E-state index in [-0.39, 0.29) is 0 Å². The molecule has 0 saturated heterocycles. The summed E-state index contributed by atoms with van der Waals surface area (Å²) < 4.78 is 0. The van der Waals surface area contributed by atoms with Crippen LogP contribution in [-0.2, 0) is 0 Å². The number of nitrogens with zero attached hydrogens (tertiary/aromatic N) is 1. The van der Waals surface area contributed by atoms with Gasteiger partial charge in [0, 0.05) is 13.6 Å². The molecule has 1 heteroatoms. The van der Waals surface area contributed by atoms with Gasteiger partial charge in [0.25, 0.3) is 0 Å². The van der Waals surface area contributed by atoms with Crippen LogP contribution in [0.5, 0.6) is 0 Å². The van der Waals surface area contributed by atoms with Crippen LogP contribution in [0.1, 0.15) is 0 Å². The molecule has 0 saturated carbocycles. The molecule has 0 aromatic heterocycles. The van der Waals surface area contributed by atoms with Crippen LogP contribution < -0.4 is 5.32 Å². The zero-order valence-electron chi connectivity index (χ0n) is 3.15. The van der Waals surface area contributed by atoms with Crippen molar-refractivity contribution >= 4 is 0 Å². The van der Waals surface area contributed by atoms with Gasteiger partial charge in [-0.05, 0) is 0 Å². The Bertz CT molecular complexity index is 24.8. The molecule has 28 valence electrons. The zero-order chi connectivity index (χ0) is 4.12. The van der Waals surface area contributed by atoms with Gasteiger partial charge in [-0.3, -0.25) is 0 Å². The fraction of sp³-hybridized carbons (Fsp3) is 0.250. The Hall–Kier alpha value is -0.300. The normalized spacial score (nSPS) is 7.40. The molecule has 0 rings (SSSR count). The third-order valence-electron chi connectivity index (χ3n) is 0.258. The lowest BCUT2D eigenvalue weighted by Crippen LogP contribution is -1.88. The molecule has 0 bridgehead atoms. The third kappa shape index (κ3) is 3.70. The van der Waals surface area contributed by atoms with Crippen molar-refractivity contribution in [3.05, 3.63) is 19.7 Å². The van der Waals surface area contributed by atoms with E-state index in [2.05, 4.69) is 18.9 Å². The van der Waals surface area contributed by atoms with Crippen LogP contribution in [0, 0.1) is 7.05 Å².